The quantitative estimate of drug-likeness (QED) is 0.237. The van der Waals surface area contributed by atoms with E-state index in [9.17, 15) is 35.9 Å². The number of aromatic nitrogens is 3. The standard InChI is InChI=1S/C31H27F6N5O2/c1-16-4-2-6-25-27(16)29(31(35,36)37)41-42(25)15-26(43)40-24(12-17-10-19(32)14-20(33)11-17)28-21(5-3-9-39-28)18-7-8-23(34)22(13-18)30(38)44/h3,5,7-11,13-14,16,24H,2,4,6,12,15H2,1H3,(H2,38,44)(H,40,43). The third-order valence-corrected chi connectivity index (χ3v) is 7.61. The summed E-state index contributed by atoms with van der Waals surface area (Å²) in [5.41, 5.74) is 5.34. The highest BCUT2D eigenvalue weighted by Crippen LogP contribution is 2.41. The number of carbonyl (C=O) groups excluding carboxylic acids is 2. The highest BCUT2D eigenvalue weighted by Gasteiger charge is 2.41. The minimum atomic E-state index is -4.71. The van der Waals surface area contributed by atoms with Crippen LogP contribution in [-0.2, 0) is 30.4 Å². The Kier molecular flexibility index (Phi) is 8.49. The van der Waals surface area contributed by atoms with Crippen molar-refractivity contribution in [3.63, 3.8) is 0 Å². The van der Waals surface area contributed by atoms with Crippen LogP contribution in [0.25, 0.3) is 11.1 Å². The zero-order valence-corrected chi connectivity index (χ0v) is 23.4. The number of primary amides is 1. The summed E-state index contributed by atoms with van der Waals surface area (Å²) in [5.74, 6) is -4.68. The molecule has 1 aliphatic rings. The Balaban J connectivity index is 1.53. The number of carbonyl (C=O) groups is 2. The molecule has 0 aliphatic heterocycles. The fourth-order valence-corrected chi connectivity index (χ4v) is 5.73. The van der Waals surface area contributed by atoms with Gasteiger partial charge in [-0.25, -0.2) is 13.2 Å². The van der Waals surface area contributed by atoms with Crippen molar-refractivity contribution in [1.29, 1.82) is 0 Å². The summed E-state index contributed by atoms with van der Waals surface area (Å²) in [4.78, 5) is 29.6. The number of hydrogen-bond donors (Lipinski definition) is 2. The normalized spacial score (nSPS) is 15.5. The molecule has 4 aromatic rings. The van der Waals surface area contributed by atoms with Gasteiger partial charge in [0.25, 0.3) is 5.91 Å². The number of halogens is 6. The summed E-state index contributed by atoms with van der Waals surface area (Å²) in [5, 5.41) is 6.52. The van der Waals surface area contributed by atoms with Gasteiger partial charge in [0.1, 0.15) is 24.0 Å². The summed E-state index contributed by atoms with van der Waals surface area (Å²) >= 11 is 0. The van der Waals surface area contributed by atoms with E-state index >= 15 is 0 Å². The molecule has 2 atom stereocenters. The maximum Gasteiger partial charge on any atom is 0.435 e. The van der Waals surface area contributed by atoms with E-state index < -0.39 is 53.7 Å². The number of nitrogens with zero attached hydrogens (tertiary/aromatic N) is 3. The molecule has 44 heavy (non-hydrogen) atoms. The number of nitrogens with one attached hydrogen (secondary N) is 1. The highest BCUT2D eigenvalue weighted by atomic mass is 19.4. The van der Waals surface area contributed by atoms with Gasteiger partial charge in [0.2, 0.25) is 5.91 Å². The van der Waals surface area contributed by atoms with E-state index in [-0.39, 0.29) is 34.7 Å². The molecule has 0 radical (unpaired) electrons. The van der Waals surface area contributed by atoms with Crippen molar-refractivity contribution < 1.29 is 35.9 Å². The first-order valence-corrected chi connectivity index (χ1v) is 13.8. The number of nitrogens with two attached hydrogens (primary N) is 1. The van der Waals surface area contributed by atoms with Gasteiger partial charge in [-0.15, -0.1) is 0 Å². The van der Waals surface area contributed by atoms with Gasteiger partial charge in [0.05, 0.1) is 17.3 Å². The Labute approximate surface area is 248 Å². The lowest BCUT2D eigenvalue weighted by atomic mass is 9.86. The summed E-state index contributed by atoms with van der Waals surface area (Å²) in [6.45, 7) is 1.14. The fourth-order valence-electron chi connectivity index (χ4n) is 5.73. The second kappa shape index (κ2) is 12.1. The Bertz CT molecular complexity index is 1710. The van der Waals surface area contributed by atoms with Crippen molar-refractivity contribution in [1.82, 2.24) is 20.1 Å². The molecule has 0 saturated carbocycles. The van der Waals surface area contributed by atoms with E-state index in [0.29, 0.717) is 42.1 Å². The largest absolute Gasteiger partial charge is 0.435 e. The predicted octanol–water partition coefficient (Wildman–Crippen LogP) is 6.02. The third-order valence-electron chi connectivity index (χ3n) is 7.61. The Morgan fingerprint density at radius 1 is 1.09 bits per heavy atom. The van der Waals surface area contributed by atoms with Gasteiger partial charge < -0.3 is 11.1 Å². The molecule has 5 rings (SSSR count). The predicted molar refractivity (Wildman–Crippen MR) is 148 cm³/mol. The van der Waals surface area contributed by atoms with Crippen LogP contribution < -0.4 is 11.1 Å². The van der Waals surface area contributed by atoms with Crippen LogP contribution in [0.3, 0.4) is 0 Å². The van der Waals surface area contributed by atoms with Crippen LogP contribution in [0.4, 0.5) is 26.3 Å². The van der Waals surface area contributed by atoms with Crippen LogP contribution in [0.15, 0.2) is 54.7 Å². The smallest absolute Gasteiger partial charge is 0.366 e. The van der Waals surface area contributed by atoms with Crippen LogP contribution in [0.5, 0.6) is 0 Å². The van der Waals surface area contributed by atoms with Crippen molar-refractivity contribution in [3.05, 3.63) is 106 Å². The molecular formula is C31H27F6N5O2. The number of alkyl halides is 3. The number of rotatable bonds is 8. The zero-order valence-electron chi connectivity index (χ0n) is 23.4. The molecule has 0 spiro atoms. The summed E-state index contributed by atoms with van der Waals surface area (Å²) < 4.78 is 85.0. The number of fused-ring (bicyclic) bond motifs is 1. The van der Waals surface area contributed by atoms with Gasteiger partial charge in [-0.05, 0) is 73.1 Å². The third kappa shape index (κ3) is 6.46. The molecule has 2 amide bonds. The molecule has 1 aliphatic carbocycles. The summed E-state index contributed by atoms with van der Waals surface area (Å²) in [7, 11) is 0. The second-order valence-corrected chi connectivity index (χ2v) is 10.8. The molecule has 2 heterocycles. The lowest BCUT2D eigenvalue weighted by Crippen LogP contribution is -2.34. The highest BCUT2D eigenvalue weighted by molar-refractivity contribution is 5.94. The maximum absolute atomic E-state index is 14.2. The molecule has 2 aromatic heterocycles. The SMILES string of the molecule is CC1CCCc2c1c(C(F)(F)F)nn2CC(=O)NC(Cc1cc(F)cc(F)c1)c1ncccc1-c1ccc(F)c(C(N)=O)c1. The Morgan fingerprint density at radius 3 is 2.50 bits per heavy atom. The first kappa shape index (κ1) is 30.8. The minimum Gasteiger partial charge on any atom is -0.366 e. The molecule has 7 nitrogen and oxygen atoms in total. The van der Waals surface area contributed by atoms with E-state index in [0.717, 1.165) is 22.9 Å². The molecule has 0 saturated heterocycles. The number of pyridine rings is 1. The second-order valence-electron chi connectivity index (χ2n) is 10.8. The van der Waals surface area contributed by atoms with E-state index in [2.05, 4.69) is 15.4 Å². The number of hydrogen-bond acceptors (Lipinski definition) is 4. The number of amides is 2. The van der Waals surface area contributed by atoms with Gasteiger partial charge in [-0.2, -0.15) is 18.3 Å². The Hall–Kier alpha value is -4.68. The van der Waals surface area contributed by atoms with Crippen LogP contribution in [0, 0.1) is 17.5 Å². The van der Waals surface area contributed by atoms with Crippen molar-refractivity contribution in [3.8, 4) is 11.1 Å². The zero-order chi connectivity index (χ0) is 31.8. The molecule has 2 unspecified atom stereocenters. The van der Waals surface area contributed by atoms with E-state index in [1.807, 2.05) is 0 Å². The van der Waals surface area contributed by atoms with Crippen LogP contribution in [0.1, 0.15) is 70.3 Å². The van der Waals surface area contributed by atoms with Crippen molar-refractivity contribution >= 4 is 11.8 Å². The van der Waals surface area contributed by atoms with Gasteiger partial charge in [0, 0.05) is 29.1 Å². The van der Waals surface area contributed by atoms with Crippen LogP contribution >= 0.6 is 0 Å². The van der Waals surface area contributed by atoms with Gasteiger partial charge in [-0.1, -0.05) is 19.1 Å². The van der Waals surface area contributed by atoms with E-state index in [1.54, 1.807) is 19.1 Å². The first-order chi connectivity index (χ1) is 20.8. The first-order valence-electron chi connectivity index (χ1n) is 13.8. The van der Waals surface area contributed by atoms with Crippen molar-refractivity contribution in [2.24, 2.45) is 5.73 Å². The molecular weight excluding hydrogens is 588 g/mol. The summed E-state index contributed by atoms with van der Waals surface area (Å²) in [6.07, 6.45) is -1.96. The van der Waals surface area contributed by atoms with E-state index in [4.69, 9.17) is 5.73 Å². The monoisotopic (exact) mass is 615 g/mol. The molecule has 230 valence electrons. The maximum atomic E-state index is 14.2. The summed E-state index contributed by atoms with van der Waals surface area (Å²) in [6, 6.07) is 8.57. The lowest BCUT2D eigenvalue weighted by molar-refractivity contribution is -0.142. The Morgan fingerprint density at radius 2 is 1.82 bits per heavy atom. The van der Waals surface area contributed by atoms with Crippen LogP contribution in [0.2, 0.25) is 0 Å². The number of benzene rings is 2. The topological polar surface area (TPSA) is 103 Å². The van der Waals surface area contributed by atoms with Crippen molar-refractivity contribution in [2.45, 2.75) is 57.3 Å². The lowest BCUT2D eigenvalue weighted by Gasteiger charge is -2.23. The average Bonchev–Trinajstić information content (AvgIpc) is 3.32. The minimum absolute atomic E-state index is 0.0805. The molecule has 13 heteroatoms. The fraction of sp³-hybridized carbons (Fsp3) is 0.290. The van der Waals surface area contributed by atoms with Crippen LogP contribution in [-0.4, -0.2) is 26.6 Å². The average molecular weight is 616 g/mol. The molecule has 2 aromatic carbocycles. The molecule has 3 N–H and O–H groups in total. The van der Waals surface area contributed by atoms with E-state index in [1.165, 1.54) is 18.3 Å². The molecule has 0 bridgehead atoms. The molecule has 0 fully saturated rings. The van der Waals surface area contributed by atoms with Crippen molar-refractivity contribution in [2.75, 3.05) is 0 Å². The van der Waals surface area contributed by atoms with Gasteiger partial charge in [-0.3, -0.25) is 19.3 Å². The van der Waals surface area contributed by atoms with Gasteiger partial charge >= 0.3 is 6.18 Å². The van der Waals surface area contributed by atoms with Gasteiger partial charge in [0.15, 0.2) is 5.69 Å².